The summed E-state index contributed by atoms with van der Waals surface area (Å²) in [5.41, 5.74) is 3.74. The number of rotatable bonds is 8. The van der Waals surface area contributed by atoms with Crippen LogP contribution in [0, 0.1) is 5.82 Å². The van der Waals surface area contributed by atoms with E-state index < -0.39 is 5.91 Å². The predicted molar refractivity (Wildman–Crippen MR) is 133 cm³/mol. The molecule has 5 nitrogen and oxygen atoms in total. The summed E-state index contributed by atoms with van der Waals surface area (Å²) in [5, 5.41) is 9.86. The van der Waals surface area contributed by atoms with Crippen LogP contribution < -0.4 is 0 Å². The topological polar surface area (TPSA) is 65.3 Å². The number of allylic oxidation sites excluding steroid dienone is 2. The number of hydrogen-bond acceptors (Lipinski definition) is 4. The maximum absolute atomic E-state index is 14.9. The van der Waals surface area contributed by atoms with E-state index in [0.29, 0.717) is 29.8 Å². The standard InChI is InChI=1S/C27H28FN3O2/c1-29-16-13-26(32)27(33)31(2)17-14-20-8-6-7-15-30-25(18-20)22-11-12-23(24(28)19-22)21-9-4-3-5-10-21/h3-5,8-13,15,18-19,32H,1,6-7,14,16-17H2,2H3/b20-8+,25-18-,26-13+,30-15+. The Bertz CT molecular complexity index is 1120. The molecule has 2 aromatic carbocycles. The molecule has 6 heteroatoms. The molecule has 33 heavy (non-hydrogen) atoms. The lowest BCUT2D eigenvalue weighted by molar-refractivity contribution is -0.128. The number of aliphatic imine (C=N–C) groups is 2. The molecule has 0 unspecified atom stereocenters. The summed E-state index contributed by atoms with van der Waals surface area (Å²) in [7, 11) is 1.64. The minimum absolute atomic E-state index is 0.181. The molecule has 1 N–H and O–H groups in total. The van der Waals surface area contributed by atoms with E-state index in [4.69, 9.17) is 0 Å². The molecule has 0 aromatic heterocycles. The lowest BCUT2D eigenvalue weighted by Crippen LogP contribution is -2.29. The SMILES string of the molecule is C=NC/C=C(/O)C(=O)N(C)CCC1=C\CC/C=N/C(c2ccc(-c3ccccc3)c(F)c2)=C\1. The molecule has 1 aliphatic heterocycles. The molecule has 0 bridgehead atoms. The number of halogens is 1. The van der Waals surface area contributed by atoms with E-state index in [9.17, 15) is 14.3 Å². The molecule has 0 radical (unpaired) electrons. The number of amides is 1. The Kier molecular flexibility index (Phi) is 8.47. The maximum atomic E-state index is 14.9. The van der Waals surface area contributed by atoms with Gasteiger partial charge in [0.25, 0.3) is 5.91 Å². The number of hydrogen-bond donors (Lipinski definition) is 1. The fourth-order valence-electron chi connectivity index (χ4n) is 3.47. The van der Waals surface area contributed by atoms with Gasteiger partial charge in [0.2, 0.25) is 0 Å². The second-order valence-corrected chi connectivity index (χ2v) is 7.73. The van der Waals surface area contributed by atoms with Crippen molar-refractivity contribution in [3.63, 3.8) is 0 Å². The van der Waals surface area contributed by atoms with Gasteiger partial charge in [-0.25, -0.2) is 4.39 Å². The van der Waals surface area contributed by atoms with Gasteiger partial charge in [-0.05, 0) is 55.3 Å². The fraction of sp³-hybridized carbons (Fsp3) is 0.222. The second kappa shape index (κ2) is 11.7. The van der Waals surface area contributed by atoms with Crippen molar-refractivity contribution in [2.24, 2.45) is 9.98 Å². The third-order valence-electron chi connectivity index (χ3n) is 5.32. The minimum Gasteiger partial charge on any atom is -0.503 e. The van der Waals surface area contributed by atoms with Crippen LogP contribution in [0.2, 0.25) is 0 Å². The van der Waals surface area contributed by atoms with E-state index in [1.54, 1.807) is 13.1 Å². The lowest BCUT2D eigenvalue weighted by atomic mass is 10.00. The maximum Gasteiger partial charge on any atom is 0.288 e. The van der Waals surface area contributed by atoms with Crippen molar-refractivity contribution < 1.29 is 14.3 Å². The Hall–Kier alpha value is -3.80. The van der Waals surface area contributed by atoms with Crippen LogP contribution in [0.15, 0.2) is 88.1 Å². The van der Waals surface area contributed by atoms with Crippen molar-refractivity contribution in [3.05, 3.63) is 89.5 Å². The lowest BCUT2D eigenvalue weighted by Gasteiger charge is -2.17. The average Bonchev–Trinajstić information content (AvgIpc) is 2.81. The van der Waals surface area contributed by atoms with Gasteiger partial charge in [-0.1, -0.05) is 48.5 Å². The molecule has 0 fully saturated rings. The summed E-state index contributed by atoms with van der Waals surface area (Å²) < 4.78 is 14.9. The highest BCUT2D eigenvalue weighted by molar-refractivity contribution is 5.90. The van der Waals surface area contributed by atoms with Crippen molar-refractivity contribution in [1.82, 2.24) is 4.90 Å². The summed E-state index contributed by atoms with van der Waals surface area (Å²) in [5.74, 6) is -1.11. The number of likely N-dealkylation sites (N-methyl/N-ethyl adjacent to an activating group) is 1. The monoisotopic (exact) mass is 445 g/mol. The van der Waals surface area contributed by atoms with Crippen molar-refractivity contribution in [1.29, 1.82) is 0 Å². The van der Waals surface area contributed by atoms with Crippen LogP contribution in [0.4, 0.5) is 4.39 Å². The molecule has 1 amide bonds. The fourth-order valence-corrected chi connectivity index (χ4v) is 3.47. The number of nitrogens with zero attached hydrogens (tertiary/aromatic N) is 3. The molecule has 0 atom stereocenters. The van der Waals surface area contributed by atoms with Gasteiger partial charge < -0.3 is 10.0 Å². The molecule has 0 aliphatic carbocycles. The highest BCUT2D eigenvalue weighted by atomic mass is 19.1. The van der Waals surface area contributed by atoms with Crippen LogP contribution in [-0.2, 0) is 4.79 Å². The van der Waals surface area contributed by atoms with Crippen LogP contribution in [0.3, 0.4) is 0 Å². The summed E-state index contributed by atoms with van der Waals surface area (Å²) in [4.78, 5) is 21.9. The van der Waals surface area contributed by atoms with E-state index in [2.05, 4.69) is 22.8 Å². The number of aliphatic hydroxyl groups excluding tert-OH is 1. The van der Waals surface area contributed by atoms with Crippen molar-refractivity contribution in [2.45, 2.75) is 19.3 Å². The molecule has 1 heterocycles. The molecule has 2 aromatic rings. The minimum atomic E-state index is -0.467. The highest BCUT2D eigenvalue weighted by Gasteiger charge is 2.14. The van der Waals surface area contributed by atoms with Gasteiger partial charge in [0.15, 0.2) is 5.76 Å². The van der Waals surface area contributed by atoms with Gasteiger partial charge in [0, 0.05) is 30.9 Å². The first-order valence-corrected chi connectivity index (χ1v) is 10.8. The van der Waals surface area contributed by atoms with E-state index in [0.717, 1.165) is 24.0 Å². The summed E-state index contributed by atoms with van der Waals surface area (Å²) in [6, 6.07) is 14.6. The molecular weight excluding hydrogens is 417 g/mol. The first-order chi connectivity index (χ1) is 16.0. The molecule has 3 rings (SSSR count). The third kappa shape index (κ3) is 6.59. The van der Waals surface area contributed by atoms with E-state index >= 15 is 0 Å². The highest BCUT2D eigenvalue weighted by Crippen LogP contribution is 2.28. The normalized spacial score (nSPS) is 18.2. The summed E-state index contributed by atoms with van der Waals surface area (Å²) >= 11 is 0. The molecule has 0 spiro atoms. The Labute approximate surface area is 194 Å². The quantitative estimate of drug-likeness (QED) is 0.326. The van der Waals surface area contributed by atoms with Gasteiger partial charge >= 0.3 is 0 Å². The van der Waals surface area contributed by atoms with E-state index in [-0.39, 0.29) is 18.1 Å². The Morgan fingerprint density at radius 1 is 1.21 bits per heavy atom. The smallest absolute Gasteiger partial charge is 0.288 e. The van der Waals surface area contributed by atoms with Crippen LogP contribution in [0.1, 0.15) is 24.8 Å². The zero-order valence-corrected chi connectivity index (χ0v) is 18.7. The average molecular weight is 446 g/mol. The Balaban J connectivity index is 1.77. The van der Waals surface area contributed by atoms with Crippen molar-refractivity contribution in [2.75, 3.05) is 20.1 Å². The zero-order chi connectivity index (χ0) is 23.6. The van der Waals surface area contributed by atoms with E-state index in [1.807, 2.05) is 48.7 Å². The number of aliphatic hydroxyl groups is 1. The summed E-state index contributed by atoms with van der Waals surface area (Å²) in [6.07, 6.45) is 9.40. The number of carbonyl (C=O) groups is 1. The number of carbonyl (C=O) groups excluding carboxylic acids is 1. The van der Waals surface area contributed by atoms with Crippen LogP contribution in [-0.4, -0.2) is 49.0 Å². The predicted octanol–water partition coefficient (Wildman–Crippen LogP) is 5.62. The van der Waals surface area contributed by atoms with Crippen molar-refractivity contribution >= 4 is 24.5 Å². The molecule has 0 saturated carbocycles. The molecule has 1 aliphatic rings. The first-order valence-electron chi connectivity index (χ1n) is 10.8. The van der Waals surface area contributed by atoms with E-state index in [1.165, 1.54) is 17.0 Å². The first kappa shape index (κ1) is 23.9. The van der Waals surface area contributed by atoms with Crippen LogP contribution in [0.5, 0.6) is 0 Å². The number of benzene rings is 2. The third-order valence-corrected chi connectivity index (χ3v) is 5.32. The Morgan fingerprint density at radius 2 is 2.00 bits per heavy atom. The molecular formula is C27H28FN3O2. The molecule has 0 saturated heterocycles. The largest absolute Gasteiger partial charge is 0.503 e. The summed E-state index contributed by atoms with van der Waals surface area (Å²) in [6.45, 7) is 3.93. The van der Waals surface area contributed by atoms with Gasteiger partial charge in [-0.15, -0.1) is 0 Å². The zero-order valence-electron chi connectivity index (χ0n) is 18.7. The van der Waals surface area contributed by atoms with Gasteiger partial charge in [0.1, 0.15) is 5.82 Å². The molecule has 170 valence electrons. The van der Waals surface area contributed by atoms with Crippen LogP contribution in [0.25, 0.3) is 16.8 Å². The van der Waals surface area contributed by atoms with Crippen LogP contribution >= 0.6 is 0 Å². The van der Waals surface area contributed by atoms with Gasteiger partial charge in [-0.3, -0.25) is 14.8 Å². The van der Waals surface area contributed by atoms with Gasteiger partial charge in [-0.2, -0.15) is 0 Å². The van der Waals surface area contributed by atoms with Crippen molar-refractivity contribution in [3.8, 4) is 11.1 Å². The van der Waals surface area contributed by atoms with Gasteiger partial charge in [0.05, 0.1) is 12.2 Å². The Morgan fingerprint density at radius 3 is 2.73 bits per heavy atom. The second-order valence-electron chi connectivity index (χ2n) is 7.73.